The van der Waals surface area contributed by atoms with Gasteiger partial charge in [0.05, 0.1) is 12.7 Å². The van der Waals surface area contributed by atoms with E-state index in [0.717, 1.165) is 13.2 Å². The number of carboxylic acids is 1. The highest BCUT2D eigenvalue weighted by Gasteiger charge is 2.11. The van der Waals surface area contributed by atoms with Crippen LogP contribution in [0.5, 0.6) is 0 Å². The zero-order chi connectivity index (χ0) is 12.8. The van der Waals surface area contributed by atoms with Crippen molar-refractivity contribution in [3.63, 3.8) is 0 Å². The average Bonchev–Trinajstić information content (AvgIpc) is 2.30. The SMILES string of the molecule is COC(=O)c1cc(C#CCC(=O)O)ccc1F. The zero-order valence-corrected chi connectivity index (χ0v) is 8.99. The lowest BCUT2D eigenvalue weighted by molar-refractivity contribution is -0.135. The van der Waals surface area contributed by atoms with Crippen molar-refractivity contribution in [2.75, 3.05) is 7.11 Å². The summed E-state index contributed by atoms with van der Waals surface area (Å²) in [6.45, 7) is 0. The van der Waals surface area contributed by atoms with E-state index in [0.29, 0.717) is 5.56 Å². The number of carbonyl (C=O) groups is 2. The molecule has 17 heavy (non-hydrogen) atoms. The molecule has 0 radical (unpaired) electrons. The fourth-order valence-corrected chi connectivity index (χ4v) is 1.09. The number of rotatable bonds is 2. The summed E-state index contributed by atoms with van der Waals surface area (Å²) in [5, 5.41) is 8.38. The Morgan fingerprint density at radius 1 is 1.47 bits per heavy atom. The minimum Gasteiger partial charge on any atom is -0.481 e. The van der Waals surface area contributed by atoms with Crippen LogP contribution in [0.4, 0.5) is 4.39 Å². The van der Waals surface area contributed by atoms with E-state index in [9.17, 15) is 14.0 Å². The topological polar surface area (TPSA) is 63.6 Å². The van der Waals surface area contributed by atoms with Gasteiger partial charge in [0, 0.05) is 5.56 Å². The van der Waals surface area contributed by atoms with Gasteiger partial charge < -0.3 is 9.84 Å². The number of halogens is 1. The number of aliphatic carboxylic acids is 1. The van der Waals surface area contributed by atoms with Crippen molar-refractivity contribution >= 4 is 11.9 Å². The molecule has 1 aromatic rings. The van der Waals surface area contributed by atoms with Gasteiger partial charge in [-0.3, -0.25) is 4.79 Å². The van der Waals surface area contributed by atoms with Crippen LogP contribution >= 0.6 is 0 Å². The molecular formula is C12H9FO4. The van der Waals surface area contributed by atoms with Crippen LogP contribution in [0.15, 0.2) is 18.2 Å². The van der Waals surface area contributed by atoms with Crippen molar-refractivity contribution < 1.29 is 23.8 Å². The Morgan fingerprint density at radius 3 is 2.76 bits per heavy atom. The third-order valence-electron chi connectivity index (χ3n) is 1.84. The van der Waals surface area contributed by atoms with Gasteiger partial charge in [-0.05, 0) is 18.2 Å². The molecule has 1 rings (SSSR count). The number of carboxylic acid groups (broad SMARTS) is 1. The number of hydrogen-bond donors (Lipinski definition) is 1. The van der Waals surface area contributed by atoms with Crippen LogP contribution < -0.4 is 0 Å². The molecule has 0 bridgehead atoms. The number of benzene rings is 1. The second-order valence-electron chi connectivity index (χ2n) is 3.06. The summed E-state index contributed by atoms with van der Waals surface area (Å²) < 4.78 is 17.6. The fraction of sp³-hybridized carbons (Fsp3) is 0.167. The van der Waals surface area contributed by atoms with Gasteiger partial charge in [-0.15, -0.1) is 0 Å². The summed E-state index contributed by atoms with van der Waals surface area (Å²) in [6, 6.07) is 3.66. The second kappa shape index (κ2) is 5.66. The predicted octanol–water partition coefficient (Wildman–Crippen LogP) is 1.44. The molecule has 88 valence electrons. The van der Waals surface area contributed by atoms with Crippen LogP contribution in [0.1, 0.15) is 22.3 Å². The molecule has 1 N–H and O–H groups in total. The van der Waals surface area contributed by atoms with E-state index in [1.165, 1.54) is 12.1 Å². The largest absolute Gasteiger partial charge is 0.481 e. The Hall–Kier alpha value is -2.35. The van der Waals surface area contributed by atoms with E-state index in [2.05, 4.69) is 16.6 Å². The summed E-state index contributed by atoms with van der Waals surface area (Å²) in [5.74, 6) is 2.34. The van der Waals surface area contributed by atoms with Gasteiger partial charge in [0.25, 0.3) is 0 Å². The molecular weight excluding hydrogens is 227 g/mol. The van der Waals surface area contributed by atoms with Crippen LogP contribution in [0.3, 0.4) is 0 Å². The zero-order valence-electron chi connectivity index (χ0n) is 8.99. The van der Waals surface area contributed by atoms with Crippen molar-refractivity contribution in [2.24, 2.45) is 0 Å². The van der Waals surface area contributed by atoms with E-state index in [1.807, 2.05) is 0 Å². The minimum absolute atomic E-state index is 0.227. The van der Waals surface area contributed by atoms with Gasteiger partial charge in [0.1, 0.15) is 12.2 Å². The molecule has 0 fully saturated rings. The maximum atomic E-state index is 13.2. The molecule has 5 heteroatoms. The molecule has 0 saturated heterocycles. The Labute approximate surface area is 97.0 Å². The summed E-state index contributed by atoms with van der Waals surface area (Å²) >= 11 is 0. The molecule has 1 aromatic carbocycles. The second-order valence-corrected chi connectivity index (χ2v) is 3.06. The molecule has 0 spiro atoms. The first-order chi connectivity index (χ1) is 8.04. The summed E-state index contributed by atoms with van der Waals surface area (Å²) in [7, 11) is 1.14. The number of ether oxygens (including phenoxy) is 1. The lowest BCUT2D eigenvalue weighted by Gasteiger charge is -2.01. The first-order valence-corrected chi connectivity index (χ1v) is 4.63. The molecule has 0 aliphatic carbocycles. The quantitative estimate of drug-likeness (QED) is 0.623. The smallest absolute Gasteiger partial charge is 0.340 e. The number of esters is 1. The summed E-state index contributed by atoms with van der Waals surface area (Å²) in [4.78, 5) is 21.4. The fourth-order valence-electron chi connectivity index (χ4n) is 1.09. The lowest BCUT2D eigenvalue weighted by atomic mass is 10.1. The third-order valence-corrected chi connectivity index (χ3v) is 1.84. The van der Waals surface area contributed by atoms with Crippen molar-refractivity contribution in [1.82, 2.24) is 0 Å². The highest BCUT2D eigenvalue weighted by atomic mass is 19.1. The van der Waals surface area contributed by atoms with Crippen molar-refractivity contribution in [3.05, 3.63) is 35.1 Å². The lowest BCUT2D eigenvalue weighted by Crippen LogP contribution is -2.04. The van der Waals surface area contributed by atoms with E-state index in [1.54, 1.807) is 0 Å². The highest BCUT2D eigenvalue weighted by molar-refractivity contribution is 5.90. The van der Waals surface area contributed by atoms with Crippen LogP contribution in [-0.2, 0) is 9.53 Å². The molecule has 0 amide bonds. The van der Waals surface area contributed by atoms with Gasteiger partial charge in [-0.1, -0.05) is 11.8 Å². The highest BCUT2D eigenvalue weighted by Crippen LogP contribution is 2.11. The molecule has 0 heterocycles. The normalized spacial score (nSPS) is 9.06. The van der Waals surface area contributed by atoms with Crippen LogP contribution in [0.2, 0.25) is 0 Å². The van der Waals surface area contributed by atoms with Gasteiger partial charge in [0.15, 0.2) is 0 Å². The molecule has 0 saturated carbocycles. The molecule has 0 aromatic heterocycles. The first kappa shape index (κ1) is 12.7. The van der Waals surface area contributed by atoms with E-state index >= 15 is 0 Å². The van der Waals surface area contributed by atoms with Crippen LogP contribution in [0, 0.1) is 17.7 Å². The summed E-state index contributed by atoms with van der Waals surface area (Å²) in [5.41, 5.74) is 0.127. The number of methoxy groups -OCH3 is 1. The molecule has 4 nitrogen and oxygen atoms in total. The molecule has 0 aliphatic heterocycles. The molecule has 0 aliphatic rings. The van der Waals surface area contributed by atoms with Gasteiger partial charge in [0.2, 0.25) is 0 Å². The van der Waals surface area contributed by atoms with Crippen molar-refractivity contribution in [1.29, 1.82) is 0 Å². The Balaban J connectivity index is 2.99. The molecule has 0 atom stereocenters. The van der Waals surface area contributed by atoms with Crippen molar-refractivity contribution in [2.45, 2.75) is 6.42 Å². The van der Waals surface area contributed by atoms with E-state index in [4.69, 9.17) is 5.11 Å². The monoisotopic (exact) mass is 236 g/mol. The minimum atomic E-state index is -1.05. The van der Waals surface area contributed by atoms with Crippen LogP contribution in [0.25, 0.3) is 0 Å². The number of carbonyl (C=O) groups excluding carboxylic acids is 1. The van der Waals surface area contributed by atoms with Gasteiger partial charge in [-0.2, -0.15) is 0 Å². The maximum absolute atomic E-state index is 13.2. The van der Waals surface area contributed by atoms with E-state index < -0.39 is 17.8 Å². The Kier molecular flexibility index (Phi) is 4.23. The van der Waals surface area contributed by atoms with Gasteiger partial charge in [-0.25, -0.2) is 9.18 Å². The van der Waals surface area contributed by atoms with Crippen LogP contribution in [-0.4, -0.2) is 24.2 Å². The van der Waals surface area contributed by atoms with Gasteiger partial charge >= 0.3 is 11.9 Å². The molecule has 0 unspecified atom stereocenters. The Morgan fingerprint density at radius 2 is 2.18 bits per heavy atom. The third kappa shape index (κ3) is 3.61. The van der Waals surface area contributed by atoms with Crippen molar-refractivity contribution in [3.8, 4) is 11.8 Å². The average molecular weight is 236 g/mol. The predicted molar refractivity (Wildman–Crippen MR) is 56.9 cm³/mol. The number of hydrogen-bond acceptors (Lipinski definition) is 3. The summed E-state index contributed by atoms with van der Waals surface area (Å²) in [6.07, 6.45) is -0.315. The van der Waals surface area contributed by atoms with E-state index in [-0.39, 0.29) is 12.0 Å². The Bertz CT molecular complexity index is 511. The first-order valence-electron chi connectivity index (χ1n) is 4.63. The maximum Gasteiger partial charge on any atom is 0.340 e. The standard InChI is InChI=1S/C12H9FO4/c1-17-12(16)9-7-8(5-6-10(9)13)3-2-4-11(14)15/h5-7H,4H2,1H3,(H,14,15).